The van der Waals surface area contributed by atoms with Crippen LogP contribution in [0.1, 0.15) is 68.7 Å². The predicted octanol–water partition coefficient (Wildman–Crippen LogP) is 5.21. The van der Waals surface area contributed by atoms with Gasteiger partial charge in [0, 0.05) is 92.4 Å². The number of hydrogen-bond donors (Lipinski definition) is 4. The Bertz CT molecular complexity index is 2590. The largest absolute Gasteiger partial charge is 0.381 e. The zero-order valence-corrected chi connectivity index (χ0v) is 33.4. The van der Waals surface area contributed by atoms with Crippen LogP contribution in [0.2, 0.25) is 0 Å². The molecule has 13 nitrogen and oxygen atoms in total. The smallest absolute Gasteiger partial charge is 0.258 e. The lowest BCUT2D eigenvalue weighted by Crippen LogP contribution is -2.52. The van der Waals surface area contributed by atoms with E-state index in [2.05, 4.69) is 47.8 Å². The number of imide groups is 1. The van der Waals surface area contributed by atoms with E-state index in [4.69, 9.17) is 4.74 Å². The molecule has 0 saturated carbocycles. The first-order chi connectivity index (χ1) is 29.6. The monoisotopic (exact) mass is 826 g/mol. The first-order valence-corrected chi connectivity index (χ1v) is 20.6. The highest BCUT2D eigenvalue weighted by Crippen LogP contribution is 2.31. The first kappa shape index (κ1) is 39.8. The van der Waals surface area contributed by atoms with Crippen molar-refractivity contribution in [3.05, 3.63) is 118 Å². The lowest BCUT2D eigenvalue weighted by molar-refractivity contribution is -0.136. The molecule has 61 heavy (non-hydrogen) atoms. The Morgan fingerprint density at radius 1 is 0.885 bits per heavy atom. The highest BCUT2D eigenvalue weighted by Gasteiger charge is 2.39. The molecule has 4 amide bonds. The number of piperidine rings is 1. The zero-order chi connectivity index (χ0) is 42.0. The average molecular weight is 827 g/mol. The van der Waals surface area contributed by atoms with E-state index < -0.39 is 23.6 Å². The Morgan fingerprint density at radius 2 is 1.69 bits per heavy atom. The average Bonchev–Trinajstić information content (AvgIpc) is 3.80. The van der Waals surface area contributed by atoms with Crippen LogP contribution in [0.25, 0.3) is 10.9 Å². The summed E-state index contributed by atoms with van der Waals surface area (Å²) < 4.78 is 33.3. The molecule has 4 aromatic carbocycles. The van der Waals surface area contributed by atoms with Crippen molar-refractivity contribution in [2.75, 3.05) is 61.5 Å². The van der Waals surface area contributed by atoms with Gasteiger partial charge in [0.25, 0.3) is 11.8 Å². The predicted molar refractivity (Wildman–Crippen MR) is 225 cm³/mol. The van der Waals surface area contributed by atoms with E-state index in [0.29, 0.717) is 72.6 Å². The van der Waals surface area contributed by atoms with Crippen molar-refractivity contribution in [1.29, 1.82) is 0 Å². The molecule has 9 rings (SSSR count). The molecule has 1 aromatic heterocycles. The second-order valence-electron chi connectivity index (χ2n) is 16.0. The molecule has 5 heterocycles. The van der Waals surface area contributed by atoms with Crippen LogP contribution in [0, 0.1) is 23.5 Å². The van der Waals surface area contributed by atoms with Crippen molar-refractivity contribution >= 4 is 51.7 Å². The minimum atomic E-state index is -0.654. The van der Waals surface area contributed by atoms with Crippen LogP contribution >= 0.6 is 0 Å². The highest BCUT2D eigenvalue weighted by molar-refractivity contribution is 6.11. The number of hydrogen-bond acceptors (Lipinski definition) is 9. The summed E-state index contributed by atoms with van der Waals surface area (Å²) in [7, 11) is 0. The molecule has 0 radical (unpaired) electrons. The Balaban J connectivity index is 0.845. The Morgan fingerprint density at radius 3 is 2.48 bits per heavy atom. The van der Waals surface area contributed by atoms with Crippen LogP contribution in [0.5, 0.6) is 0 Å². The number of anilines is 3. The first-order valence-electron chi connectivity index (χ1n) is 20.6. The second-order valence-corrected chi connectivity index (χ2v) is 16.0. The van der Waals surface area contributed by atoms with Crippen molar-refractivity contribution < 1.29 is 32.7 Å². The Hall–Kier alpha value is -6.63. The summed E-state index contributed by atoms with van der Waals surface area (Å²) in [5.74, 6) is 4.36. The normalized spacial score (nSPS) is 18.5. The SMILES string of the molecule is O=C1CCC(N2Cc3cc(C#CCN4CCN(c5ccc(C(=O)Nc6n[nH]c7ccc(Cc8cc(F)cc(F)c8)cc67)c(NC6CCOCC6)c5)CC4)ccc3C2=O)C(=O)N1. The third kappa shape index (κ3) is 8.82. The van der Waals surface area contributed by atoms with Gasteiger partial charge in [0.1, 0.15) is 17.7 Å². The van der Waals surface area contributed by atoms with E-state index in [1.54, 1.807) is 11.0 Å². The highest BCUT2D eigenvalue weighted by atomic mass is 19.1. The topological polar surface area (TPSA) is 152 Å². The van der Waals surface area contributed by atoms with Gasteiger partial charge in [-0.3, -0.25) is 34.5 Å². The summed E-state index contributed by atoms with van der Waals surface area (Å²) in [6, 6.07) is 19.9. The zero-order valence-electron chi connectivity index (χ0n) is 33.4. The lowest BCUT2D eigenvalue weighted by Gasteiger charge is -2.35. The number of piperazine rings is 1. The quantitative estimate of drug-likeness (QED) is 0.116. The number of ether oxygens (including phenoxy) is 1. The summed E-state index contributed by atoms with van der Waals surface area (Å²) in [6.45, 7) is 5.29. The molecule has 1 atom stereocenters. The van der Waals surface area contributed by atoms with Crippen molar-refractivity contribution in [3.8, 4) is 11.8 Å². The number of aromatic amines is 1. The number of halogens is 2. The summed E-state index contributed by atoms with van der Waals surface area (Å²) >= 11 is 0. The number of carbonyl (C=O) groups is 4. The number of aromatic nitrogens is 2. The maximum Gasteiger partial charge on any atom is 0.258 e. The van der Waals surface area contributed by atoms with Gasteiger partial charge < -0.3 is 25.2 Å². The van der Waals surface area contributed by atoms with Gasteiger partial charge >= 0.3 is 0 Å². The van der Waals surface area contributed by atoms with Crippen molar-refractivity contribution in [2.24, 2.45) is 0 Å². The molecule has 4 aliphatic heterocycles. The standard InChI is InChI=1S/C46H44F2N8O5/c47-32-22-30(23-33(48)25-32)20-29-4-8-39-38(24-29)43(53-52-39)51-44(58)37-7-5-35(26-40(37)49-34-11-18-61-19-12-34)55-16-14-54(15-17-55)13-1-2-28-3-6-36-31(21-28)27-56(46(36)60)41-9-10-42(57)50-45(41)59/h3-8,21-26,34,41,49H,9-20,27H2,(H,50,57,59)(H2,51,52,53,58). The third-order valence-electron chi connectivity index (χ3n) is 11.8. The summed E-state index contributed by atoms with van der Waals surface area (Å²) in [6.07, 6.45) is 2.47. The van der Waals surface area contributed by atoms with Gasteiger partial charge in [-0.05, 0) is 103 Å². The molecular weight excluding hydrogens is 783 g/mol. The second kappa shape index (κ2) is 17.2. The van der Waals surface area contributed by atoms with Crippen LogP contribution in [0.3, 0.4) is 0 Å². The van der Waals surface area contributed by atoms with E-state index in [9.17, 15) is 28.0 Å². The Labute approximate surface area is 350 Å². The fourth-order valence-electron chi connectivity index (χ4n) is 8.57. The number of amides is 4. The summed E-state index contributed by atoms with van der Waals surface area (Å²) in [5, 5.41) is 17.0. The lowest BCUT2D eigenvalue weighted by atomic mass is 10.0. The maximum atomic E-state index is 14.0. The number of rotatable bonds is 9. The number of nitrogens with zero attached hydrogens (tertiary/aromatic N) is 4. The van der Waals surface area contributed by atoms with Gasteiger partial charge in [-0.1, -0.05) is 17.9 Å². The van der Waals surface area contributed by atoms with Gasteiger partial charge in [0.15, 0.2) is 5.82 Å². The fourth-order valence-corrected chi connectivity index (χ4v) is 8.57. The minimum Gasteiger partial charge on any atom is -0.381 e. The Kier molecular flexibility index (Phi) is 11.2. The summed E-state index contributed by atoms with van der Waals surface area (Å²) in [4.78, 5) is 57.2. The maximum absolute atomic E-state index is 14.0. The molecule has 312 valence electrons. The van der Waals surface area contributed by atoms with Gasteiger partial charge in [0.2, 0.25) is 11.8 Å². The van der Waals surface area contributed by atoms with Crippen LogP contribution in [0.15, 0.2) is 72.8 Å². The molecule has 0 spiro atoms. The number of fused-ring (bicyclic) bond motifs is 2. The number of benzene rings is 4. The number of H-pyrrole nitrogens is 1. The van der Waals surface area contributed by atoms with Crippen LogP contribution in [-0.2, 0) is 27.3 Å². The molecule has 3 saturated heterocycles. The molecule has 4 N–H and O–H groups in total. The third-order valence-corrected chi connectivity index (χ3v) is 11.8. The van der Waals surface area contributed by atoms with Gasteiger partial charge in [0.05, 0.1) is 17.6 Å². The minimum absolute atomic E-state index is 0.142. The van der Waals surface area contributed by atoms with E-state index in [0.717, 1.165) is 73.2 Å². The van der Waals surface area contributed by atoms with Gasteiger partial charge in [-0.15, -0.1) is 0 Å². The number of nitrogens with one attached hydrogen (secondary N) is 4. The molecule has 0 aliphatic carbocycles. The molecule has 0 bridgehead atoms. The van der Waals surface area contributed by atoms with E-state index in [1.165, 1.54) is 12.1 Å². The van der Waals surface area contributed by atoms with Crippen LogP contribution < -0.4 is 20.9 Å². The van der Waals surface area contributed by atoms with Crippen molar-refractivity contribution in [3.63, 3.8) is 0 Å². The van der Waals surface area contributed by atoms with Crippen molar-refractivity contribution in [1.82, 2.24) is 25.3 Å². The van der Waals surface area contributed by atoms with Gasteiger partial charge in [-0.25, -0.2) is 8.78 Å². The van der Waals surface area contributed by atoms with Crippen LogP contribution in [-0.4, -0.2) is 102 Å². The molecular formula is C46H44F2N8O5. The molecule has 4 aliphatic rings. The van der Waals surface area contributed by atoms with Crippen molar-refractivity contribution in [2.45, 2.75) is 50.7 Å². The van der Waals surface area contributed by atoms with E-state index in [-0.39, 0.29) is 30.2 Å². The van der Waals surface area contributed by atoms with E-state index >= 15 is 0 Å². The molecule has 15 heteroatoms. The molecule has 3 fully saturated rings. The fraction of sp³-hybridized carbons (Fsp3) is 0.326. The van der Waals surface area contributed by atoms with Gasteiger partial charge in [-0.2, -0.15) is 5.10 Å². The molecule has 5 aromatic rings. The summed E-state index contributed by atoms with van der Waals surface area (Å²) in [5.41, 5.74) is 6.41. The van der Waals surface area contributed by atoms with Crippen LogP contribution in [0.4, 0.5) is 26.0 Å². The van der Waals surface area contributed by atoms with E-state index in [1.807, 2.05) is 48.5 Å². The number of carbonyl (C=O) groups excluding carboxylic acids is 4. The molecule has 1 unspecified atom stereocenters.